The number of anilines is 1. The molecule has 0 unspecified atom stereocenters. The van der Waals surface area contributed by atoms with E-state index < -0.39 is 29.5 Å². The lowest BCUT2D eigenvalue weighted by atomic mass is 10.3. The molecule has 1 aromatic heterocycles. The van der Waals surface area contributed by atoms with E-state index in [1.807, 2.05) is 0 Å². The molecule has 2 rings (SSSR count). The number of nitrogens with one attached hydrogen (secondary N) is 1. The fourth-order valence-corrected chi connectivity index (χ4v) is 1.71. The number of nitrogens with zero attached hydrogens (tertiary/aromatic N) is 3. The maximum atomic E-state index is 12.1. The molecule has 0 amide bonds. The Morgan fingerprint density at radius 2 is 2.04 bits per heavy atom. The van der Waals surface area contributed by atoms with Crippen LogP contribution in [-0.4, -0.2) is 29.1 Å². The van der Waals surface area contributed by atoms with Crippen LogP contribution in [0.15, 0.2) is 18.2 Å². The van der Waals surface area contributed by atoms with Gasteiger partial charge < -0.3 is 20.3 Å². The number of carboxylic acid groups (broad SMARTS) is 1. The lowest BCUT2D eigenvalue weighted by molar-refractivity contribution is -0.672. The summed E-state index contributed by atoms with van der Waals surface area (Å²) in [6.07, 6.45) is -5.27. The minimum absolute atomic E-state index is 0.0595. The molecular formula is C11H9F3N4O5. The first kappa shape index (κ1) is 16.3. The molecule has 1 heterocycles. The summed E-state index contributed by atoms with van der Waals surface area (Å²) < 4.78 is 40.3. The largest absolute Gasteiger partial charge is 0.739 e. The highest BCUT2D eigenvalue weighted by Crippen LogP contribution is 2.24. The van der Waals surface area contributed by atoms with Gasteiger partial charge in [0.1, 0.15) is 5.75 Å². The summed E-state index contributed by atoms with van der Waals surface area (Å²) in [5, 5.41) is 37.9. The number of aromatic nitrogens is 3. The minimum atomic E-state index is -4.94. The Morgan fingerprint density at radius 1 is 1.35 bits per heavy atom. The van der Waals surface area contributed by atoms with Crippen LogP contribution in [-0.2, 0) is 4.79 Å². The summed E-state index contributed by atoms with van der Waals surface area (Å²) in [6, 6.07) is 2.55. The summed E-state index contributed by atoms with van der Waals surface area (Å²) in [6.45, 7) is -0.161. The number of aliphatic carboxylic acids is 1. The number of benzene rings is 1. The van der Waals surface area contributed by atoms with Crippen molar-refractivity contribution in [3.8, 4) is 5.75 Å². The Bertz CT molecular complexity index is 752. The Balaban J connectivity index is 2.36. The Labute approximate surface area is 125 Å². The summed E-state index contributed by atoms with van der Waals surface area (Å²) in [5.74, 6) is -2.28. The van der Waals surface area contributed by atoms with Crippen LogP contribution in [0.25, 0.3) is 11.0 Å². The minimum Gasteiger partial charge on any atom is -0.739 e. The van der Waals surface area contributed by atoms with Gasteiger partial charge in [0.25, 0.3) is 0 Å². The smallest absolute Gasteiger partial charge is 0.573 e. The van der Waals surface area contributed by atoms with Crippen molar-refractivity contribution in [1.29, 1.82) is 0 Å². The zero-order valence-corrected chi connectivity index (χ0v) is 11.2. The first-order valence-corrected chi connectivity index (χ1v) is 6.06. The first-order valence-electron chi connectivity index (χ1n) is 6.06. The van der Waals surface area contributed by atoms with Gasteiger partial charge in [0.05, 0.1) is 19.0 Å². The lowest BCUT2D eigenvalue weighted by Gasteiger charge is -2.11. The Morgan fingerprint density at radius 3 is 2.65 bits per heavy atom. The van der Waals surface area contributed by atoms with E-state index >= 15 is 0 Å². The van der Waals surface area contributed by atoms with Gasteiger partial charge in [-0.15, -0.1) is 13.2 Å². The Kier molecular flexibility index (Phi) is 4.24. The monoisotopic (exact) mass is 334 g/mol. The average molecular weight is 334 g/mol. The second-order valence-corrected chi connectivity index (χ2v) is 4.26. The van der Waals surface area contributed by atoms with Gasteiger partial charge in [0.15, 0.2) is 5.52 Å². The van der Waals surface area contributed by atoms with Gasteiger partial charge in [-0.2, -0.15) is 0 Å². The van der Waals surface area contributed by atoms with E-state index in [0.29, 0.717) is 0 Å². The van der Waals surface area contributed by atoms with E-state index in [-0.39, 0.29) is 28.1 Å². The predicted octanol–water partition coefficient (Wildman–Crippen LogP) is 0.287. The van der Waals surface area contributed by atoms with Crippen molar-refractivity contribution in [3.05, 3.63) is 28.6 Å². The highest BCUT2D eigenvalue weighted by atomic mass is 19.4. The molecule has 9 nitrogen and oxygen atoms in total. The van der Waals surface area contributed by atoms with E-state index in [2.05, 4.69) is 15.2 Å². The van der Waals surface area contributed by atoms with Crippen molar-refractivity contribution < 1.29 is 37.4 Å². The highest BCUT2D eigenvalue weighted by Gasteiger charge is 2.32. The van der Waals surface area contributed by atoms with Crippen LogP contribution in [0.1, 0.15) is 6.42 Å². The average Bonchev–Trinajstić information content (AvgIpc) is 2.42. The number of alkyl halides is 3. The summed E-state index contributed by atoms with van der Waals surface area (Å²) in [7, 11) is 0. The van der Waals surface area contributed by atoms with Crippen LogP contribution in [0.4, 0.5) is 19.1 Å². The molecule has 1 aromatic carbocycles. The topological polar surface area (TPSA) is 125 Å². The molecule has 0 atom stereocenters. The van der Waals surface area contributed by atoms with Gasteiger partial charge in [-0.1, -0.05) is 0 Å². The van der Waals surface area contributed by atoms with Gasteiger partial charge in [0, 0.05) is 4.85 Å². The zero-order valence-electron chi connectivity index (χ0n) is 11.2. The standard InChI is InChI=1S/C11H9F3N4O5/c12-11(13,14)23-6-1-2-7-8(5-6)18(22)16-10(17(7)21)15-4-3-9(19)20/h1-2,5H,3-4H2,(H,15,16)(H,19,20). The van der Waals surface area contributed by atoms with Gasteiger partial charge in [0.2, 0.25) is 5.10 Å². The number of ether oxygens (including phenoxy) is 1. The summed E-state index contributed by atoms with van der Waals surface area (Å²) >= 11 is 0. The molecule has 0 aliphatic heterocycles. The second kappa shape index (κ2) is 5.98. The fourth-order valence-electron chi connectivity index (χ4n) is 1.71. The molecule has 0 bridgehead atoms. The molecule has 0 spiro atoms. The fraction of sp³-hybridized carbons (Fsp3) is 0.273. The third-order valence-corrected chi connectivity index (χ3v) is 2.61. The molecular weight excluding hydrogens is 325 g/mol. The number of carbonyl (C=O) groups is 1. The van der Waals surface area contributed by atoms with Crippen molar-refractivity contribution in [1.82, 2.24) is 5.10 Å². The molecule has 0 fully saturated rings. The quantitative estimate of drug-likeness (QED) is 0.594. The van der Waals surface area contributed by atoms with Crippen LogP contribution in [0.5, 0.6) is 5.75 Å². The van der Waals surface area contributed by atoms with Crippen LogP contribution < -0.4 is 19.6 Å². The van der Waals surface area contributed by atoms with Crippen LogP contribution in [0.2, 0.25) is 0 Å². The number of hydrogen-bond acceptors (Lipinski definition) is 6. The van der Waals surface area contributed by atoms with Crippen molar-refractivity contribution in [3.63, 3.8) is 0 Å². The van der Waals surface area contributed by atoms with Gasteiger partial charge in [-0.25, -0.2) is 4.73 Å². The first-order chi connectivity index (χ1) is 10.7. The number of hydrogen-bond donors (Lipinski definition) is 2. The van der Waals surface area contributed by atoms with E-state index in [1.54, 1.807) is 0 Å². The molecule has 0 aliphatic carbocycles. The molecule has 0 saturated heterocycles. The number of halogens is 3. The third-order valence-electron chi connectivity index (χ3n) is 2.61. The maximum absolute atomic E-state index is 12.1. The molecule has 0 radical (unpaired) electrons. The highest BCUT2D eigenvalue weighted by molar-refractivity contribution is 5.70. The molecule has 23 heavy (non-hydrogen) atoms. The SMILES string of the molecule is O=C(O)CCNc1n[n+]([O-])c2cc(OC(F)(F)F)ccc2[n+]1[O-]. The van der Waals surface area contributed by atoms with E-state index in [4.69, 9.17) is 5.11 Å². The van der Waals surface area contributed by atoms with Gasteiger partial charge in [-0.05, 0) is 12.1 Å². The molecule has 2 aromatic rings. The van der Waals surface area contributed by atoms with Gasteiger partial charge in [-0.3, -0.25) is 10.1 Å². The number of carboxylic acids is 1. The van der Waals surface area contributed by atoms with E-state index in [0.717, 1.165) is 18.2 Å². The number of rotatable bonds is 5. The molecule has 2 N–H and O–H groups in total. The summed E-state index contributed by atoms with van der Waals surface area (Å²) in [4.78, 5) is 10.3. The molecule has 124 valence electrons. The van der Waals surface area contributed by atoms with Crippen molar-refractivity contribution in [2.75, 3.05) is 11.9 Å². The summed E-state index contributed by atoms with van der Waals surface area (Å²) in [5.41, 5.74) is -0.701. The maximum Gasteiger partial charge on any atom is 0.573 e. The van der Waals surface area contributed by atoms with Crippen molar-refractivity contribution in [2.45, 2.75) is 12.8 Å². The van der Waals surface area contributed by atoms with Gasteiger partial charge >= 0.3 is 23.8 Å². The molecule has 0 aliphatic rings. The number of fused-ring (bicyclic) bond motifs is 1. The molecule has 0 saturated carbocycles. The zero-order chi connectivity index (χ0) is 17.2. The second-order valence-electron chi connectivity index (χ2n) is 4.26. The van der Waals surface area contributed by atoms with Crippen LogP contribution >= 0.6 is 0 Å². The molecule has 12 heteroatoms. The van der Waals surface area contributed by atoms with Crippen LogP contribution in [0.3, 0.4) is 0 Å². The van der Waals surface area contributed by atoms with Crippen molar-refractivity contribution >= 4 is 23.0 Å². The van der Waals surface area contributed by atoms with E-state index in [9.17, 15) is 28.4 Å². The van der Waals surface area contributed by atoms with Crippen LogP contribution in [0, 0.1) is 10.4 Å². The Hall–Kier alpha value is -3.05. The van der Waals surface area contributed by atoms with E-state index in [1.165, 1.54) is 0 Å². The van der Waals surface area contributed by atoms with Crippen molar-refractivity contribution in [2.24, 2.45) is 0 Å². The normalized spacial score (nSPS) is 11.4. The lowest BCUT2D eigenvalue weighted by Crippen LogP contribution is -2.44. The third kappa shape index (κ3) is 3.99. The predicted molar refractivity (Wildman–Crippen MR) is 67.1 cm³/mol.